The monoisotopic (exact) mass is 789 g/mol. The lowest BCUT2D eigenvalue weighted by Crippen LogP contribution is -2.71. The average molecular weight is 790 g/mol. The average Bonchev–Trinajstić information content (AvgIpc) is 3.43. The minimum absolute atomic E-state index is 0.129. The topological polar surface area (TPSA) is 258 Å². The molecule has 19 nitrogen and oxygen atoms in total. The summed E-state index contributed by atoms with van der Waals surface area (Å²) in [5, 5.41) is 23.8. The van der Waals surface area contributed by atoms with Gasteiger partial charge >= 0.3 is 18.0 Å². The van der Waals surface area contributed by atoms with Crippen LogP contribution in [0.25, 0.3) is 0 Å². The van der Waals surface area contributed by atoms with Gasteiger partial charge < -0.3 is 39.8 Å². The first-order valence-electron chi connectivity index (χ1n) is 16.4. The van der Waals surface area contributed by atoms with Crippen LogP contribution in [-0.4, -0.2) is 109 Å². The molecule has 4 saturated heterocycles. The zero-order valence-corrected chi connectivity index (χ0v) is 30.7. The van der Waals surface area contributed by atoms with E-state index in [-0.39, 0.29) is 30.0 Å². The van der Waals surface area contributed by atoms with Crippen molar-refractivity contribution in [2.75, 3.05) is 6.79 Å². The van der Waals surface area contributed by atoms with E-state index in [2.05, 4.69) is 10.6 Å². The molecule has 0 radical (unpaired) electrons. The Hall–Kier alpha value is -5.44. The normalized spacial score (nSPS) is 25.9. The zero-order valence-electron chi connectivity index (χ0n) is 29.1. The van der Waals surface area contributed by atoms with E-state index in [0.717, 1.165) is 4.90 Å². The maximum Gasteiger partial charge on any atom is 0.410 e. The van der Waals surface area contributed by atoms with Crippen molar-refractivity contribution in [3.63, 3.8) is 0 Å². The van der Waals surface area contributed by atoms with Crippen LogP contribution in [0, 0.1) is 10.1 Å². The molecule has 0 spiro atoms. The van der Waals surface area contributed by atoms with Crippen LogP contribution in [0.3, 0.4) is 0 Å². The lowest BCUT2D eigenvalue weighted by Gasteiger charge is -2.44. The zero-order chi connectivity index (χ0) is 39.5. The highest BCUT2D eigenvalue weighted by molar-refractivity contribution is 8.01. The molecule has 0 aromatic heterocycles. The summed E-state index contributed by atoms with van der Waals surface area (Å²) >= 11 is 1.25. The Morgan fingerprint density at radius 2 is 1.59 bits per heavy atom. The maximum atomic E-state index is 13.7. The van der Waals surface area contributed by atoms with Gasteiger partial charge in [-0.2, -0.15) is 0 Å². The lowest BCUT2D eigenvalue weighted by atomic mass is 9.95. The second kappa shape index (κ2) is 13.8. The van der Waals surface area contributed by atoms with Crippen molar-refractivity contribution in [2.45, 2.75) is 85.1 Å². The summed E-state index contributed by atoms with van der Waals surface area (Å²) in [6.45, 7) is 4.85. The number of sulfone groups is 1. The van der Waals surface area contributed by atoms with Crippen LogP contribution in [0.1, 0.15) is 51.3 Å². The smallest absolute Gasteiger partial charge is 0.410 e. The number of non-ortho nitro benzene ring substituents is 1. The Bertz CT molecular complexity index is 2040. The molecule has 4 amide bonds. The van der Waals surface area contributed by atoms with Gasteiger partial charge in [-0.05, 0) is 63.1 Å². The predicted molar refractivity (Wildman–Crippen MR) is 184 cm³/mol. The summed E-state index contributed by atoms with van der Waals surface area (Å²) in [4.78, 5) is 90.8. The van der Waals surface area contributed by atoms with E-state index in [1.54, 1.807) is 13.8 Å². The molecular formula is C33H35N5O14S2. The van der Waals surface area contributed by atoms with E-state index in [1.165, 1.54) is 79.0 Å². The molecular weight excluding hydrogens is 755 g/mol. The number of phenols is 1. The van der Waals surface area contributed by atoms with Gasteiger partial charge in [0.2, 0.25) is 24.5 Å². The van der Waals surface area contributed by atoms with Gasteiger partial charge in [-0.3, -0.25) is 24.5 Å². The molecule has 4 fully saturated rings. The first-order valence-corrected chi connectivity index (χ1v) is 18.8. The van der Waals surface area contributed by atoms with Gasteiger partial charge in [-0.15, -0.1) is 11.8 Å². The molecule has 2 aromatic carbocycles. The Morgan fingerprint density at radius 3 is 2.20 bits per heavy atom. The fourth-order valence-corrected chi connectivity index (χ4v) is 10.6. The fraction of sp³-hybridized carbons (Fsp3) is 0.455. The van der Waals surface area contributed by atoms with Gasteiger partial charge in [0, 0.05) is 16.9 Å². The molecule has 288 valence electrons. The number of esters is 2. The maximum absolute atomic E-state index is 13.7. The number of phenolic OH excluding ortho intramolecular Hbond substituents is 1. The van der Waals surface area contributed by atoms with Gasteiger partial charge in [0.15, 0.2) is 9.84 Å². The number of benzene rings is 2. The summed E-state index contributed by atoms with van der Waals surface area (Å²) in [6, 6.07) is 5.49. The van der Waals surface area contributed by atoms with E-state index < -0.39 is 102 Å². The van der Waals surface area contributed by atoms with Crippen LogP contribution < -0.4 is 10.6 Å². The number of fused-ring (bicyclic) bond motifs is 2. The van der Waals surface area contributed by atoms with E-state index in [9.17, 15) is 52.4 Å². The number of alkyl carbamates (subject to hydrolysis) is 1. The third kappa shape index (κ3) is 6.54. The number of β-lactam (4-membered cyclic amide) rings is 2. The molecule has 21 heteroatoms. The molecule has 6 atom stereocenters. The van der Waals surface area contributed by atoms with Gasteiger partial charge in [0.1, 0.15) is 47.3 Å². The number of aromatic hydroxyl groups is 1. The van der Waals surface area contributed by atoms with E-state index in [1.807, 2.05) is 0 Å². The number of nitrogens with one attached hydrogen (secondary N) is 2. The lowest BCUT2D eigenvalue weighted by molar-refractivity contribution is -0.384. The Kier molecular flexibility index (Phi) is 9.76. The summed E-state index contributed by atoms with van der Waals surface area (Å²) in [7, 11) is -3.89. The molecule has 0 aliphatic carbocycles. The number of amides is 4. The van der Waals surface area contributed by atoms with Gasteiger partial charge in [-0.25, -0.2) is 22.8 Å². The van der Waals surface area contributed by atoms with Crippen LogP contribution >= 0.6 is 11.8 Å². The molecule has 4 heterocycles. The Labute approximate surface area is 311 Å². The molecule has 3 N–H and O–H groups in total. The number of ether oxygens (including phenoxy) is 3. The highest BCUT2D eigenvalue weighted by Crippen LogP contribution is 2.51. The van der Waals surface area contributed by atoms with Crippen molar-refractivity contribution >= 4 is 63.0 Å². The van der Waals surface area contributed by atoms with Gasteiger partial charge in [0.25, 0.3) is 5.69 Å². The van der Waals surface area contributed by atoms with Crippen LogP contribution in [-0.2, 0) is 54.6 Å². The molecule has 54 heavy (non-hydrogen) atoms. The Morgan fingerprint density at radius 1 is 0.963 bits per heavy atom. The van der Waals surface area contributed by atoms with Gasteiger partial charge in [0.05, 0.1) is 16.1 Å². The van der Waals surface area contributed by atoms with Gasteiger partial charge in [-0.1, -0.05) is 12.1 Å². The summed E-state index contributed by atoms with van der Waals surface area (Å²) in [5.74, 6) is -3.97. The summed E-state index contributed by atoms with van der Waals surface area (Å²) in [5.41, 5.74) is 0.526. The molecule has 0 saturated carbocycles. The van der Waals surface area contributed by atoms with E-state index in [0.29, 0.717) is 5.56 Å². The third-order valence-electron chi connectivity index (χ3n) is 9.83. The van der Waals surface area contributed by atoms with Crippen LogP contribution in [0.4, 0.5) is 10.5 Å². The first kappa shape index (κ1) is 38.3. The molecule has 4 aliphatic heterocycles. The molecule has 1 unspecified atom stereocenters. The van der Waals surface area contributed by atoms with E-state index in [4.69, 9.17) is 14.2 Å². The van der Waals surface area contributed by atoms with E-state index >= 15 is 0 Å². The number of nitro groups is 1. The number of nitrogens with zero attached hydrogens (tertiary/aromatic N) is 3. The number of carbonyl (C=O) groups is 6. The molecule has 2 aromatic rings. The largest absolute Gasteiger partial charge is 0.508 e. The van der Waals surface area contributed by atoms with Crippen LogP contribution in [0.15, 0.2) is 48.5 Å². The predicted octanol–water partition coefficient (Wildman–Crippen LogP) is 0.993. The molecule has 4 aliphatic rings. The molecule has 6 rings (SSSR count). The van der Waals surface area contributed by atoms with Crippen molar-refractivity contribution in [1.29, 1.82) is 0 Å². The van der Waals surface area contributed by atoms with Crippen molar-refractivity contribution in [3.05, 3.63) is 69.8 Å². The quantitative estimate of drug-likeness (QED) is 0.0943. The highest BCUT2D eigenvalue weighted by atomic mass is 32.2. The number of rotatable bonds is 11. The molecule has 0 bridgehead atoms. The number of carbonyl (C=O) groups excluding carboxylic acids is 6. The second-order valence-electron chi connectivity index (χ2n) is 14.0. The number of thioether (sulfide) groups is 1. The first-order chi connectivity index (χ1) is 25.3. The van der Waals surface area contributed by atoms with Crippen molar-refractivity contribution in [2.24, 2.45) is 0 Å². The Balaban J connectivity index is 1.07. The SMILES string of the molecule is CC1(C)S[C@@H]2[C@H](NC(=O)C(NC(=O)OCOC(=O)[C@@H]3N4C(=O)C[C@H]4S(=O)(=O)C3(C)C)c3ccc(O)cc3)C(=O)N2[C@H]1C(=O)OCc1ccc([N+](=O)[O-])cc1. The highest BCUT2D eigenvalue weighted by Gasteiger charge is 2.68. The number of hydrogen-bond donors (Lipinski definition) is 3. The summed E-state index contributed by atoms with van der Waals surface area (Å²) in [6.07, 6.45) is -1.50. The minimum atomic E-state index is -3.89. The standard InChI is InChI=1S/C33H35N5O14S2/c1-32(2)24(29(43)50-14-16-5-9-18(10-6-16)38(46)47)37-27(42)23(28(37)53-32)34-26(41)22(17-7-11-19(39)12-8-17)35-31(45)52-15-51-30(44)25-33(3,4)54(48,49)21-13-20(40)36(21)25/h5-12,21-25,28,39H,13-15H2,1-4H3,(H,34,41)(H,35,45)/t21-,22?,23-,24+,25+,28-/m1/s1. The van der Waals surface area contributed by atoms with Crippen LogP contribution in [0.5, 0.6) is 5.75 Å². The van der Waals surface area contributed by atoms with Crippen LogP contribution in [0.2, 0.25) is 0 Å². The number of nitro benzene ring substituents is 1. The summed E-state index contributed by atoms with van der Waals surface area (Å²) < 4.78 is 38.5. The minimum Gasteiger partial charge on any atom is -0.508 e. The number of hydrogen-bond acceptors (Lipinski definition) is 15. The van der Waals surface area contributed by atoms with Crippen molar-refractivity contribution in [1.82, 2.24) is 20.4 Å². The third-order valence-corrected chi connectivity index (χ3v) is 14.2. The second-order valence-corrected chi connectivity index (χ2v) is 18.4. The fourth-order valence-electron chi connectivity index (χ4n) is 6.87. The van der Waals surface area contributed by atoms with Crippen molar-refractivity contribution in [3.8, 4) is 5.75 Å². The van der Waals surface area contributed by atoms with Crippen molar-refractivity contribution < 1.29 is 61.4 Å².